The van der Waals surface area contributed by atoms with Crippen LogP contribution in [0.5, 0.6) is 5.75 Å². The van der Waals surface area contributed by atoms with Crippen molar-refractivity contribution in [3.8, 4) is 5.75 Å². The molecule has 3 fully saturated rings. The van der Waals surface area contributed by atoms with E-state index >= 15 is 0 Å². The monoisotopic (exact) mass is 704 g/mol. The van der Waals surface area contributed by atoms with Gasteiger partial charge in [0.1, 0.15) is 5.75 Å². The number of fused-ring (bicyclic) bond motifs is 10. The summed E-state index contributed by atoms with van der Waals surface area (Å²) < 4.78 is 5.84. The zero-order valence-electron chi connectivity index (χ0n) is 26.2. The van der Waals surface area contributed by atoms with Crippen molar-refractivity contribution in [2.45, 2.75) is 22.6 Å². The maximum absolute atomic E-state index is 14.0. The number of nitro groups is 1. The Bertz CT molecular complexity index is 2290. The summed E-state index contributed by atoms with van der Waals surface area (Å²) in [5.74, 6) is -1.53. The van der Waals surface area contributed by atoms with Gasteiger partial charge in [-0.3, -0.25) is 34.2 Å². The van der Waals surface area contributed by atoms with Crippen molar-refractivity contribution in [3.05, 3.63) is 121 Å². The third-order valence-corrected chi connectivity index (χ3v) is 13.3. The van der Waals surface area contributed by atoms with Crippen molar-refractivity contribution < 1.29 is 24.0 Å². The molecule has 4 aliphatic rings. The summed E-state index contributed by atoms with van der Waals surface area (Å²) in [6, 6.07) is 26.7. The number of thioether (sulfide) groups is 1. The molecule has 50 heavy (non-hydrogen) atoms. The molecule has 2 bridgehead atoms. The zero-order valence-corrected chi connectivity index (χ0v) is 27.8. The number of carbonyl (C=O) groups is 3. The number of amides is 3. The van der Waals surface area contributed by atoms with E-state index in [2.05, 4.69) is 10.3 Å². The first-order valence-corrected chi connectivity index (χ1v) is 18.0. The predicted octanol–water partition coefficient (Wildman–Crippen LogP) is 6.19. The van der Waals surface area contributed by atoms with Crippen LogP contribution in [0.25, 0.3) is 10.8 Å². The minimum atomic E-state index is -0.514. The molecule has 4 aromatic carbocycles. The Labute approximate surface area is 292 Å². The normalized spacial score (nSPS) is 26.1. The van der Waals surface area contributed by atoms with Crippen LogP contribution in [0.4, 0.5) is 17.1 Å². The number of rotatable bonds is 7. The van der Waals surface area contributed by atoms with E-state index in [-0.39, 0.29) is 63.8 Å². The molecule has 2 N–H and O–H groups in total. The Morgan fingerprint density at radius 3 is 2.38 bits per heavy atom. The summed E-state index contributed by atoms with van der Waals surface area (Å²) in [6.45, 7) is -0.172. The average Bonchev–Trinajstić information content (AvgIpc) is 3.86. The van der Waals surface area contributed by atoms with Crippen molar-refractivity contribution in [1.82, 2.24) is 4.98 Å². The third kappa shape index (κ3) is 4.86. The van der Waals surface area contributed by atoms with E-state index < -0.39 is 16.8 Å². The number of non-ortho nitro benzene ring substituents is 1. The molecular weight excluding hydrogens is 677 g/mol. The first-order valence-electron chi connectivity index (χ1n) is 16.3. The number of ether oxygens (including phenoxy) is 1. The number of nitrogens with one attached hydrogen (secondary N) is 2. The lowest BCUT2D eigenvalue weighted by atomic mass is 9.68. The fraction of sp³-hybridized carbons (Fsp3) is 0.243. The van der Waals surface area contributed by atoms with Crippen LogP contribution in [-0.2, 0) is 14.4 Å². The number of aromatic amines is 1. The number of aromatic nitrogens is 1. The van der Waals surface area contributed by atoms with Gasteiger partial charge in [-0.25, -0.2) is 0 Å². The maximum Gasteiger partial charge on any atom is 0.305 e. The number of H-pyrrole nitrogens is 1. The Hall–Kier alpha value is -5.27. The van der Waals surface area contributed by atoms with Crippen LogP contribution in [0.2, 0.25) is 0 Å². The van der Waals surface area contributed by atoms with E-state index in [9.17, 15) is 29.3 Å². The zero-order chi connectivity index (χ0) is 34.3. The van der Waals surface area contributed by atoms with Crippen LogP contribution >= 0.6 is 23.1 Å². The molecule has 0 radical (unpaired) electrons. The standard InChI is InChI=1S/C37H28N4O7S2/c42-27(38-21-8-5-18-3-1-2-4-20(18)15-21)17-48-24-13-6-19(7-14-24)28-29-25-16-26(32(29)49-34-33(28)50-37(45)39-34)31-30(25)35(43)40(36(31)44)22-9-11-23(12-10-22)41(46)47/h1-15,25-26,28-32H,16-17H2,(H,38,42)(H,39,45)/t25-,26-,28+,29-,30+,31+,32-/m1/s1. The molecule has 3 amide bonds. The Morgan fingerprint density at radius 2 is 1.64 bits per heavy atom. The quantitative estimate of drug-likeness (QED) is 0.116. The second-order valence-corrected chi connectivity index (χ2v) is 15.4. The summed E-state index contributed by atoms with van der Waals surface area (Å²) in [4.78, 5) is 68.9. The van der Waals surface area contributed by atoms with Gasteiger partial charge in [-0.15, -0.1) is 11.8 Å². The third-order valence-electron chi connectivity index (χ3n) is 10.7. The predicted molar refractivity (Wildman–Crippen MR) is 189 cm³/mol. The first kappa shape index (κ1) is 30.8. The maximum atomic E-state index is 14.0. The minimum Gasteiger partial charge on any atom is -0.484 e. The Kier molecular flexibility index (Phi) is 7.18. The van der Waals surface area contributed by atoms with Crippen LogP contribution in [0, 0.1) is 39.7 Å². The number of nitrogens with zero attached hydrogens (tertiary/aromatic N) is 2. The van der Waals surface area contributed by atoms with Gasteiger partial charge in [-0.05, 0) is 76.9 Å². The number of hydrogen-bond acceptors (Lipinski definition) is 9. The highest BCUT2D eigenvalue weighted by Gasteiger charge is 2.69. The molecule has 1 aromatic heterocycles. The molecule has 3 heterocycles. The van der Waals surface area contributed by atoms with Gasteiger partial charge in [0.05, 0.1) is 27.5 Å². The van der Waals surface area contributed by atoms with E-state index in [4.69, 9.17) is 4.74 Å². The largest absolute Gasteiger partial charge is 0.484 e. The molecule has 2 saturated carbocycles. The molecule has 5 aromatic rings. The molecule has 7 atom stereocenters. The van der Waals surface area contributed by atoms with Gasteiger partial charge in [0.25, 0.3) is 11.6 Å². The van der Waals surface area contributed by atoms with Crippen LogP contribution in [0.3, 0.4) is 0 Å². The fourth-order valence-electron chi connectivity index (χ4n) is 8.75. The van der Waals surface area contributed by atoms with Gasteiger partial charge in [0, 0.05) is 33.9 Å². The number of nitro benzene ring substituents is 1. The molecule has 0 unspecified atom stereocenters. The molecule has 250 valence electrons. The second kappa shape index (κ2) is 11.7. The van der Waals surface area contributed by atoms with Crippen molar-refractivity contribution in [2.24, 2.45) is 29.6 Å². The molecule has 0 spiro atoms. The van der Waals surface area contributed by atoms with E-state index in [0.29, 0.717) is 17.1 Å². The fourth-order valence-corrected chi connectivity index (χ4v) is 11.6. The van der Waals surface area contributed by atoms with Crippen LogP contribution < -0.4 is 19.8 Å². The van der Waals surface area contributed by atoms with Gasteiger partial charge in [-0.2, -0.15) is 0 Å². The summed E-state index contributed by atoms with van der Waals surface area (Å²) in [6.07, 6.45) is 0.742. The van der Waals surface area contributed by atoms with Crippen LogP contribution in [0.15, 0.2) is 101 Å². The van der Waals surface area contributed by atoms with Gasteiger partial charge >= 0.3 is 4.87 Å². The summed E-state index contributed by atoms with van der Waals surface area (Å²) >= 11 is 2.79. The highest BCUT2D eigenvalue weighted by molar-refractivity contribution is 8.00. The molecule has 13 heteroatoms. The summed E-state index contributed by atoms with van der Waals surface area (Å²) in [5, 5.41) is 17.0. The highest BCUT2D eigenvalue weighted by atomic mass is 32.2. The topological polar surface area (TPSA) is 152 Å². The lowest BCUT2D eigenvalue weighted by Crippen LogP contribution is -2.42. The Morgan fingerprint density at radius 1 is 0.920 bits per heavy atom. The van der Waals surface area contributed by atoms with Crippen LogP contribution in [0.1, 0.15) is 22.8 Å². The molecule has 2 aliphatic heterocycles. The number of imide groups is 1. The molecule has 1 saturated heterocycles. The molecule has 11 nitrogen and oxygen atoms in total. The molecule has 2 aliphatic carbocycles. The molecule has 9 rings (SSSR count). The summed E-state index contributed by atoms with van der Waals surface area (Å²) in [7, 11) is 0. The first-order chi connectivity index (χ1) is 24.2. The van der Waals surface area contributed by atoms with Crippen molar-refractivity contribution in [3.63, 3.8) is 0 Å². The van der Waals surface area contributed by atoms with Gasteiger partial charge in [0.15, 0.2) is 6.61 Å². The highest BCUT2D eigenvalue weighted by Crippen LogP contribution is 2.68. The van der Waals surface area contributed by atoms with Gasteiger partial charge in [0.2, 0.25) is 11.8 Å². The minimum absolute atomic E-state index is 0.0123. The van der Waals surface area contributed by atoms with Crippen molar-refractivity contribution in [1.29, 1.82) is 0 Å². The Balaban J connectivity index is 0.951. The lowest BCUT2D eigenvalue weighted by molar-refractivity contribution is -0.384. The number of hydrogen-bond donors (Lipinski definition) is 2. The van der Waals surface area contributed by atoms with Crippen molar-refractivity contribution >= 4 is 68.7 Å². The van der Waals surface area contributed by atoms with E-state index in [1.807, 2.05) is 66.7 Å². The molecular formula is C37H28N4O7S2. The number of anilines is 2. The average molecular weight is 705 g/mol. The van der Waals surface area contributed by atoms with E-state index in [1.54, 1.807) is 11.8 Å². The number of thiazole rings is 1. The number of benzene rings is 4. The summed E-state index contributed by atoms with van der Waals surface area (Å²) in [5.41, 5.74) is 1.89. The smallest absolute Gasteiger partial charge is 0.305 e. The van der Waals surface area contributed by atoms with E-state index in [1.165, 1.54) is 40.5 Å². The van der Waals surface area contributed by atoms with Gasteiger partial charge < -0.3 is 15.0 Å². The van der Waals surface area contributed by atoms with Crippen molar-refractivity contribution in [2.75, 3.05) is 16.8 Å². The lowest BCUT2D eigenvalue weighted by Gasteiger charge is -2.43. The SMILES string of the molecule is O=C(COc1ccc([C@@H]2c3sc(=O)[nH]c3S[C@@H]3[C@@H]4C[C@@H]([C@@H]5C(=O)N(c6ccc([N+](=O)[O-])cc6)C(=O)[C@@H]45)[C@H]23)cc1)Nc1ccc2ccccc2c1. The van der Waals surface area contributed by atoms with Crippen LogP contribution in [-0.4, -0.2) is 39.5 Å². The number of carbonyl (C=O) groups excluding carboxylic acids is 3. The second-order valence-electron chi connectivity index (χ2n) is 13.2. The van der Waals surface area contributed by atoms with Gasteiger partial charge in [-0.1, -0.05) is 53.8 Å². The van der Waals surface area contributed by atoms with E-state index in [0.717, 1.165) is 32.7 Å².